The lowest BCUT2D eigenvalue weighted by molar-refractivity contribution is -0.122. The second kappa shape index (κ2) is 8.32. The van der Waals surface area contributed by atoms with Crippen LogP contribution in [0.25, 0.3) is 0 Å². The van der Waals surface area contributed by atoms with Gasteiger partial charge in [-0.3, -0.25) is 4.79 Å². The number of ether oxygens (including phenoxy) is 2. The first-order chi connectivity index (χ1) is 11.9. The molecule has 2 aromatic rings. The minimum Gasteiger partial charge on any atom is -0.493 e. The molecule has 136 valence electrons. The molecule has 0 saturated carbocycles. The smallest absolute Gasteiger partial charge is 0.250 e. The van der Waals surface area contributed by atoms with Gasteiger partial charge < -0.3 is 14.8 Å². The van der Waals surface area contributed by atoms with Crippen molar-refractivity contribution in [1.82, 2.24) is 10.0 Å². The van der Waals surface area contributed by atoms with E-state index in [4.69, 9.17) is 9.47 Å². The van der Waals surface area contributed by atoms with E-state index in [1.54, 1.807) is 29.6 Å². The topological polar surface area (TPSA) is 93.7 Å². The summed E-state index contributed by atoms with van der Waals surface area (Å²) in [5.41, 5.74) is 0.725. The van der Waals surface area contributed by atoms with Gasteiger partial charge in [-0.25, -0.2) is 8.42 Å². The van der Waals surface area contributed by atoms with Crippen LogP contribution in [0.4, 0.5) is 0 Å². The molecule has 0 aliphatic heterocycles. The molecule has 7 nitrogen and oxygen atoms in total. The van der Waals surface area contributed by atoms with Gasteiger partial charge in [-0.05, 0) is 24.4 Å². The van der Waals surface area contributed by atoms with Crippen LogP contribution in [0.1, 0.15) is 12.5 Å². The van der Waals surface area contributed by atoms with Crippen LogP contribution in [0.3, 0.4) is 0 Å². The van der Waals surface area contributed by atoms with Gasteiger partial charge >= 0.3 is 0 Å². The first-order valence-electron chi connectivity index (χ1n) is 7.42. The maximum atomic E-state index is 12.2. The van der Waals surface area contributed by atoms with Gasteiger partial charge in [-0.1, -0.05) is 18.2 Å². The SMILES string of the molecule is COc1cccc(CNC(=O)C(C)NS(=O)(=O)c2cccs2)c1OC. The zero-order valence-corrected chi connectivity index (χ0v) is 15.7. The van der Waals surface area contributed by atoms with E-state index in [-0.39, 0.29) is 10.8 Å². The third kappa shape index (κ3) is 4.71. The molecule has 1 unspecified atom stereocenters. The highest BCUT2D eigenvalue weighted by molar-refractivity contribution is 7.91. The maximum absolute atomic E-state index is 12.2. The van der Waals surface area contributed by atoms with Crippen LogP contribution in [-0.4, -0.2) is 34.6 Å². The first kappa shape index (κ1) is 19.2. The molecule has 1 aromatic carbocycles. The fraction of sp³-hybridized carbons (Fsp3) is 0.312. The molecule has 9 heteroatoms. The lowest BCUT2D eigenvalue weighted by atomic mass is 10.1. The van der Waals surface area contributed by atoms with Crippen molar-refractivity contribution in [3.63, 3.8) is 0 Å². The summed E-state index contributed by atoms with van der Waals surface area (Å²) in [6.45, 7) is 1.67. The van der Waals surface area contributed by atoms with Crippen molar-refractivity contribution >= 4 is 27.3 Å². The lowest BCUT2D eigenvalue weighted by Crippen LogP contribution is -2.44. The number of methoxy groups -OCH3 is 2. The Morgan fingerprint density at radius 3 is 2.56 bits per heavy atom. The molecule has 0 bridgehead atoms. The van der Waals surface area contributed by atoms with E-state index >= 15 is 0 Å². The van der Waals surface area contributed by atoms with Crippen molar-refractivity contribution in [2.75, 3.05) is 14.2 Å². The van der Waals surface area contributed by atoms with Crippen LogP contribution in [0.5, 0.6) is 11.5 Å². The molecule has 2 rings (SSSR count). The molecule has 1 aromatic heterocycles. The van der Waals surface area contributed by atoms with Gasteiger partial charge in [0, 0.05) is 12.1 Å². The lowest BCUT2D eigenvalue weighted by Gasteiger charge is -2.16. The number of benzene rings is 1. The minimum absolute atomic E-state index is 0.168. The molecule has 0 aliphatic carbocycles. The maximum Gasteiger partial charge on any atom is 0.250 e. The number of carbonyl (C=O) groups excluding carboxylic acids is 1. The van der Waals surface area contributed by atoms with Crippen LogP contribution >= 0.6 is 11.3 Å². The zero-order valence-electron chi connectivity index (χ0n) is 14.1. The Morgan fingerprint density at radius 2 is 1.96 bits per heavy atom. The predicted octanol–water partition coefficient (Wildman–Crippen LogP) is 1.75. The zero-order chi connectivity index (χ0) is 18.4. The highest BCUT2D eigenvalue weighted by Gasteiger charge is 2.23. The van der Waals surface area contributed by atoms with Crippen LogP contribution < -0.4 is 19.5 Å². The molecule has 1 atom stereocenters. The Kier molecular flexibility index (Phi) is 6.40. The van der Waals surface area contributed by atoms with Gasteiger partial charge in [-0.15, -0.1) is 11.3 Å². The van der Waals surface area contributed by atoms with E-state index in [1.165, 1.54) is 27.2 Å². The molecule has 1 heterocycles. The molecule has 0 aliphatic rings. The van der Waals surface area contributed by atoms with E-state index in [0.717, 1.165) is 16.9 Å². The van der Waals surface area contributed by atoms with Gasteiger partial charge in [0.05, 0.1) is 20.3 Å². The first-order valence-corrected chi connectivity index (χ1v) is 9.78. The van der Waals surface area contributed by atoms with Crippen molar-refractivity contribution < 1.29 is 22.7 Å². The van der Waals surface area contributed by atoms with E-state index in [2.05, 4.69) is 10.0 Å². The average Bonchev–Trinajstić information content (AvgIpc) is 3.14. The number of carbonyl (C=O) groups is 1. The van der Waals surface area contributed by atoms with Gasteiger partial charge in [0.1, 0.15) is 4.21 Å². The van der Waals surface area contributed by atoms with Crippen molar-refractivity contribution in [1.29, 1.82) is 0 Å². The minimum atomic E-state index is -3.70. The molecule has 25 heavy (non-hydrogen) atoms. The quantitative estimate of drug-likeness (QED) is 0.723. The Labute approximate surface area is 151 Å². The summed E-state index contributed by atoms with van der Waals surface area (Å²) in [7, 11) is -0.660. The highest BCUT2D eigenvalue weighted by atomic mass is 32.2. The van der Waals surface area contributed by atoms with Crippen LogP contribution in [-0.2, 0) is 21.4 Å². The Balaban J connectivity index is 2.01. The summed E-state index contributed by atoms with van der Waals surface area (Å²) in [5, 5.41) is 4.36. The Morgan fingerprint density at radius 1 is 1.20 bits per heavy atom. The summed E-state index contributed by atoms with van der Waals surface area (Å²) >= 11 is 1.09. The van der Waals surface area contributed by atoms with Crippen LogP contribution in [0.2, 0.25) is 0 Å². The van der Waals surface area contributed by atoms with Gasteiger partial charge in [0.25, 0.3) is 10.0 Å². The normalized spacial score (nSPS) is 12.4. The number of para-hydroxylation sites is 1. The molecule has 0 radical (unpaired) electrons. The fourth-order valence-electron chi connectivity index (χ4n) is 2.19. The molecular formula is C16H20N2O5S2. The number of amides is 1. The summed E-state index contributed by atoms with van der Waals surface area (Å²) in [5.74, 6) is 0.641. The largest absolute Gasteiger partial charge is 0.493 e. The average molecular weight is 384 g/mol. The van der Waals surface area contributed by atoms with Gasteiger partial charge in [0.2, 0.25) is 5.91 Å². The summed E-state index contributed by atoms with van der Waals surface area (Å²) in [4.78, 5) is 12.2. The van der Waals surface area contributed by atoms with Crippen molar-refractivity contribution in [2.24, 2.45) is 0 Å². The monoisotopic (exact) mass is 384 g/mol. The molecule has 1 amide bonds. The van der Waals surface area contributed by atoms with Crippen LogP contribution in [0, 0.1) is 0 Å². The fourth-order valence-corrected chi connectivity index (χ4v) is 4.40. The second-order valence-electron chi connectivity index (χ2n) is 5.15. The van der Waals surface area contributed by atoms with E-state index in [1.807, 2.05) is 0 Å². The summed E-state index contributed by atoms with van der Waals surface area (Å²) < 4.78 is 37.3. The summed E-state index contributed by atoms with van der Waals surface area (Å²) in [6.07, 6.45) is 0. The van der Waals surface area contributed by atoms with Crippen molar-refractivity contribution in [3.05, 3.63) is 41.3 Å². The van der Waals surface area contributed by atoms with Gasteiger partial charge in [-0.2, -0.15) is 4.72 Å². The number of hydrogen-bond acceptors (Lipinski definition) is 6. The summed E-state index contributed by atoms with van der Waals surface area (Å²) in [6, 6.07) is 7.54. The molecule has 2 N–H and O–H groups in total. The Hall–Kier alpha value is -2.10. The number of thiophene rings is 1. The number of nitrogens with one attached hydrogen (secondary N) is 2. The Bertz CT molecular complexity index is 819. The van der Waals surface area contributed by atoms with E-state index in [0.29, 0.717) is 11.5 Å². The number of sulfonamides is 1. The van der Waals surface area contributed by atoms with E-state index in [9.17, 15) is 13.2 Å². The van der Waals surface area contributed by atoms with Crippen molar-refractivity contribution in [3.8, 4) is 11.5 Å². The highest BCUT2D eigenvalue weighted by Crippen LogP contribution is 2.30. The van der Waals surface area contributed by atoms with E-state index < -0.39 is 22.0 Å². The molecule has 0 spiro atoms. The molecule has 0 fully saturated rings. The molecule has 0 saturated heterocycles. The third-order valence-electron chi connectivity index (χ3n) is 3.42. The standard InChI is InChI=1S/C16H20N2O5S2/c1-11(18-25(20,21)14-8-5-9-24-14)16(19)17-10-12-6-4-7-13(22-2)15(12)23-3/h4-9,11,18H,10H2,1-3H3,(H,17,19). The predicted molar refractivity (Wildman–Crippen MR) is 95.5 cm³/mol. The van der Waals surface area contributed by atoms with Crippen LogP contribution in [0.15, 0.2) is 39.9 Å². The second-order valence-corrected chi connectivity index (χ2v) is 8.03. The number of rotatable bonds is 8. The number of hydrogen-bond donors (Lipinski definition) is 2. The van der Waals surface area contributed by atoms with Gasteiger partial charge in [0.15, 0.2) is 11.5 Å². The molecular weight excluding hydrogens is 364 g/mol. The third-order valence-corrected chi connectivity index (χ3v) is 6.36. The van der Waals surface area contributed by atoms with Crippen molar-refractivity contribution in [2.45, 2.75) is 23.7 Å².